The fourth-order valence-corrected chi connectivity index (χ4v) is 3.24. The second-order valence-corrected chi connectivity index (χ2v) is 6.51. The van der Waals surface area contributed by atoms with Crippen LogP contribution in [0.15, 0.2) is 42.7 Å². The van der Waals surface area contributed by atoms with Crippen molar-refractivity contribution in [3.8, 4) is 0 Å². The minimum Gasteiger partial charge on any atom is -0.337 e. The standard InChI is InChI=1S/C19H24N4O2/c1-21-13-11-20-16(21)14-22(2)19(25)18(15-8-4-3-5-9-15)23-12-7-6-10-17(23)24/h3-5,8-9,11,13,18H,6-7,10,12,14H2,1-2H3/t18-/m0/s1. The molecular weight excluding hydrogens is 316 g/mol. The quantitative estimate of drug-likeness (QED) is 0.838. The smallest absolute Gasteiger partial charge is 0.250 e. The van der Waals surface area contributed by atoms with Gasteiger partial charge in [0.1, 0.15) is 11.9 Å². The summed E-state index contributed by atoms with van der Waals surface area (Å²) >= 11 is 0. The highest BCUT2D eigenvalue weighted by Gasteiger charge is 2.34. The molecule has 0 bridgehead atoms. The van der Waals surface area contributed by atoms with E-state index in [4.69, 9.17) is 0 Å². The van der Waals surface area contributed by atoms with Gasteiger partial charge < -0.3 is 14.4 Å². The van der Waals surface area contributed by atoms with Crippen LogP contribution in [0.1, 0.15) is 36.7 Å². The Balaban J connectivity index is 1.86. The second-order valence-electron chi connectivity index (χ2n) is 6.51. The normalized spacial score (nSPS) is 15.9. The molecule has 1 aliphatic rings. The molecule has 0 saturated carbocycles. The van der Waals surface area contributed by atoms with Gasteiger partial charge >= 0.3 is 0 Å². The lowest BCUT2D eigenvalue weighted by Gasteiger charge is -2.36. The minimum atomic E-state index is -0.570. The highest BCUT2D eigenvalue weighted by Crippen LogP contribution is 2.27. The summed E-state index contributed by atoms with van der Waals surface area (Å²) in [6.45, 7) is 1.04. The number of amides is 2. The fraction of sp³-hybridized carbons (Fsp3) is 0.421. The Hall–Kier alpha value is -2.63. The molecule has 132 valence electrons. The van der Waals surface area contributed by atoms with E-state index < -0.39 is 6.04 Å². The largest absolute Gasteiger partial charge is 0.337 e. The van der Waals surface area contributed by atoms with Crippen molar-refractivity contribution in [2.24, 2.45) is 7.05 Å². The van der Waals surface area contributed by atoms with E-state index in [-0.39, 0.29) is 11.8 Å². The molecule has 0 unspecified atom stereocenters. The SMILES string of the molecule is CN(Cc1nccn1C)C(=O)[C@H](c1ccccc1)N1CCCCC1=O. The van der Waals surface area contributed by atoms with Gasteiger partial charge in [-0.05, 0) is 18.4 Å². The maximum absolute atomic E-state index is 13.2. The summed E-state index contributed by atoms with van der Waals surface area (Å²) in [6.07, 6.45) is 5.92. The second kappa shape index (κ2) is 7.51. The number of hydrogen-bond acceptors (Lipinski definition) is 3. The van der Waals surface area contributed by atoms with Crippen LogP contribution >= 0.6 is 0 Å². The van der Waals surface area contributed by atoms with Gasteiger partial charge in [-0.3, -0.25) is 9.59 Å². The molecule has 6 nitrogen and oxygen atoms in total. The first-order valence-electron chi connectivity index (χ1n) is 8.63. The molecule has 0 spiro atoms. The third kappa shape index (κ3) is 3.73. The Bertz CT molecular complexity index is 741. The van der Waals surface area contributed by atoms with E-state index in [0.717, 1.165) is 24.2 Å². The van der Waals surface area contributed by atoms with Gasteiger partial charge in [0, 0.05) is 39.5 Å². The molecule has 1 aromatic carbocycles. The number of imidazole rings is 1. The molecule has 0 radical (unpaired) electrons. The van der Waals surface area contributed by atoms with Crippen LogP contribution in [-0.2, 0) is 23.2 Å². The molecule has 1 atom stereocenters. The summed E-state index contributed by atoms with van der Waals surface area (Å²) in [4.78, 5) is 33.3. The molecule has 0 N–H and O–H groups in total. The molecule has 2 heterocycles. The third-order valence-electron chi connectivity index (χ3n) is 4.70. The first-order chi connectivity index (χ1) is 12.1. The van der Waals surface area contributed by atoms with Gasteiger partial charge in [0.05, 0.1) is 6.54 Å². The van der Waals surface area contributed by atoms with Gasteiger partial charge in [0.2, 0.25) is 11.8 Å². The number of carbonyl (C=O) groups is 2. The summed E-state index contributed by atoms with van der Waals surface area (Å²) in [7, 11) is 3.67. The van der Waals surface area contributed by atoms with E-state index in [1.165, 1.54) is 0 Å². The Morgan fingerprint density at radius 1 is 1.28 bits per heavy atom. The Kier molecular flexibility index (Phi) is 5.16. The predicted molar refractivity (Wildman–Crippen MR) is 94.4 cm³/mol. The lowest BCUT2D eigenvalue weighted by Crippen LogP contribution is -2.46. The molecule has 6 heteroatoms. The summed E-state index contributed by atoms with van der Waals surface area (Å²) in [5.41, 5.74) is 0.856. The number of likely N-dealkylation sites (N-methyl/N-ethyl adjacent to an activating group) is 1. The first-order valence-corrected chi connectivity index (χ1v) is 8.63. The number of likely N-dealkylation sites (tertiary alicyclic amines) is 1. The molecule has 1 aliphatic heterocycles. The maximum atomic E-state index is 13.2. The summed E-state index contributed by atoms with van der Waals surface area (Å²) in [5.74, 6) is 0.788. The van der Waals surface area contributed by atoms with Crippen LogP contribution in [0.2, 0.25) is 0 Å². The van der Waals surface area contributed by atoms with Crippen molar-refractivity contribution in [2.45, 2.75) is 31.8 Å². The number of rotatable bonds is 5. The van der Waals surface area contributed by atoms with Gasteiger partial charge in [-0.1, -0.05) is 30.3 Å². The van der Waals surface area contributed by atoms with Crippen molar-refractivity contribution in [3.63, 3.8) is 0 Å². The van der Waals surface area contributed by atoms with Crippen LogP contribution in [0, 0.1) is 0 Å². The minimum absolute atomic E-state index is 0.0545. The van der Waals surface area contributed by atoms with Crippen molar-refractivity contribution < 1.29 is 9.59 Å². The van der Waals surface area contributed by atoms with E-state index in [9.17, 15) is 9.59 Å². The van der Waals surface area contributed by atoms with Gasteiger partial charge in [-0.15, -0.1) is 0 Å². The summed E-state index contributed by atoms with van der Waals surface area (Å²) < 4.78 is 1.90. The molecule has 0 aliphatic carbocycles. The molecule has 1 saturated heterocycles. The predicted octanol–water partition coefficient (Wildman–Crippen LogP) is 2.13. The van der Waals surface area contributed by atoms with E-state index in [0.29, 0.717) is 19.5 Å². The Labute approximate surface area is 148 Å². The summed E-state index contributed by atoms with van der Waals surface area (Å²) in [5, 5.41) is 0. The van der Waals surface area contributed by atoms with E-state index in [1.54, 1.807) is 23.0 Å². The zero-order chi connectivity index (χ0) is 17.8. The molecule has 25 heavy (non-hydrogen) atoms. The number of carbonyl (C=O) groups excluding carboxylic acids is 2. The highest BCUT2D eigenvalue weighted by molar-refractivity contribution is 5.89. The lowest BCUT2D eigenvalue weighted by atomic mass is 10.00. The lowest BCUT2D eigenvalue weighted by molar-refractivity contribution is -0.147. The molecule has 3 rings (SSSR count). The number of hydrogen-bond donors (Lipinski definition) is 0. The zero-order valence-corrected chi connectivity index (χ0v) is 14.8. The maximum Gasteiger partial charge on any atom is 0.250 e. The molecule has 2 aromatic rings. The van der Waals surface area contributed by atoms with Crippen LogP contribution in [0.25, 0.3) is 0 Å². The van der Waals surface area contributed by atoms with Crippen LogP contribution < -0.4 is 0 Å². The molecule has 2 amide bonds. The monoisotopic (exact) mass is 340 g/mol. The summed E-state index contributed by atoms with van der Waals surface area (Å²) in [6, 6.07) is 8.99. The number of benzene rings is 1. The Morgan fingerprint density at radius 2 is 2.04 bits per heavy atom. The van der Waals surface area contributed by atoms with Crippen molar-refractivity contribution in [3.05, 3.63) is 54.1 Å². The van der Waals surface area contributed by atoms with Gasteiger partial charge in [0.15, 0.2) is 0 Å². The fourth-order valence-electron chi connectivity index (χ4n) is 3.24. The van der Waals surface area contributed by atoms with Gasteiger partial charge in [-0.25, -0.2) is 4.98 Å². The van der Waals surface area contributed by atoms with Crippen molar-refractivity contribution >= 4 is 11.8 Å². The van der Waals surface area contributed by atoms with E-state index in [2.05, 4.69) is 4.98 Å². The van der Waals surface area contributed by atoms with Crippen molar-refractivity contribution in [1.82, 2.24) is 19.4 Å². The van der Waals surface area contributed by atoms with Gasteiger partial charge in [0.25, 0.3) is 0 Å². The molecule has 1 fully saturated rings. The van der Waals surface area contributed by atoms with Crippen LogP contribution in [0.3, 0.4) is 0 Å². The number of aryl methyl sites for hydroxylation is 1. The number of aromatic nitrogens is 2. The van der Waals surface area contributed by atoms with Crippen LogP contribution in [-0.4, -0.2) is 44.8 Å². The Morgan fingerprint density at radius 3 is 2.68 bits per heavy atom. The average Bonchev–Trinajstić information content (AvgIpc) is 3.02. The van der Waals surface area contributed by atoms with Crippen molar-refractivity contribution in [2.75, 3.05) is 13.6 Å². The van der Waals surface area contributed by atoms with Crippen LogP contribution in [0.5, 0.6) is 0 Å². The number of piperidine rings is 1. The number of nitrogens with zero attached hydrogens (tertiary/aromatic N) is 4. The molecule has 1 aromatic heterocycles. The topological polar surface area (TPSA) is 58.4 Å². The molecular formula is C19H24N4O2. The van der Waals surface area contributed by atoms with E-state index in [1.807, 2.05) is 48.1 Å². The van der Waals surface area contributed by atoms with Crippen molar-refractivity contribution in [1.29, 1.82) is 0 Å². The third-order valence-corrected chi connectivity index (χ3v) is 4.70. The zero-order valence-electron chi connectivity index (χ0n) is 14.8. The van der Waals surface area contributed by atoms with E-state index >= 15 is 0 Å². The van der Waals surface area contributed by atoms with Crippen LogP contribution in [0.4, 0.5) is 0 Å². The first kappa shape index (κ1) is 17.2. The highest BCUT2D eigenvalue weighted by atomic mass is 16.2. The van der Waals surface area contributed by atoms with Gasteiger partial charge in [-0.2, -0.15) is 0 Å². The average molecular weight is 340 g/mol.